The van der Waals surface area contributed by atoms with Gasteiger partial charge in [0.2, 0.25) is 0 Å². The number of aromatic nitrogens is 1. The van der Waals surface area contributed by atoms with Crippen molar-refractivity contribution in [2.24, 2.45) is 0 Å². The van der Waals surface area contributed by atoms with Crippen LogP contribution in [0.3, 0.4) is 0 Å². The third-order valence-electron chi connectivity index (χ3n) is 7.08. The van der Waals surface area contributed by atoms with Gasteiger partial charge in [0.15, 0.2) is 6.10 Å². The first-order valence-corrected chi connectivity index (χ1v) is 13.2. The summed E-state index contributed by atoms with van der Waals surface area (Å²) >= 11 is 0. The van der Waals surface area contributed by atoms with Crippen molar-refractivity contribution in [1.29, 1.82) is 0 Å². The van der Waals surface area contributed by atoms with Crippen molar-refractivity contribution >= 4 is 28.5 Å². The van der Waals surface area contributed by atoms with Crippen LogP contribution in [0.25, 0.3) is 10.9 Å². The van der Waals surface area contributed by atoms with E-state index in [4.69, 9.17) is 9.72 Å². The number of nitrogens with zero attached hydrogens (tertiary/aromatic N) is 2. The molecule has 2 heterocycles. The van der Waals surface area contributed by atoms with E-state index in [0.29, 0.717) is 23.7 Å². The number of benzene rings is 3. The molecule has 0 saturated carbocycles. The van der Waals surface area contributed by atoms with Crippen LogP contribution in [-0.4, -0.2) is 34.4 Å². The topological polar surface area (TPSA) is 71.5 Å². The van der Waals surface area contributed by atoms with Gasteiger partial charge in [-0.05, 0) is 42.2 Å². The van der Waals surface area contributed by atoms with Gasteiger partial charge >= 0.3 is 5.97 Å². The first-order valence-electron chi connectivity index (χ1n) is 13.2. The number of hydrogen-bond acceptors (Lipinski definition) is 5. The maximum absolute atomic E-state index is 13.6. The first kappa shape index (κ1) is 25.6. The number of nitrogens with one attached hydrogen (secondary N) is 1. The number of fused-ring (bicyclic) bond motifs is 2. The fourth-order valence-electron chi connectivity index (χ4n) is 4.92. The predicted octanol–water partition coefficient (Wildman–Crippen LogP) is 6.10. The van der Waals surface area contributed by atoms with Crippen molar-refractivity contribution in [2.45, 2.75) is 52.3 Å². The van der Waals surface area contributed by atoms with Gasteiger partial charge in [-0.15, -0.1) is 0 Å². The van der Waals surface area contributed by atoms with E-state index < -0.39 is 12.1 Å². The summed E-state index contributed by atoms with van der Waals surface area (Å²) < 4.78 is 5.76. The smallest absolute Gasteiger partial charge is 0.339 e. The van der Waals surface area contributed by atoms with Crippen molar-refractivity contribution in [3.63, 3.8) is 0 Å². The van der Waals surface area contributed by atoms with Crippen molar-refractivity contribution in [2.75, 3.05) is 11.9 Å². The largest absolute Gasteiger partial charge is 0.449 e. The zero-order chi connectivity index (χ0) is 26.6. The molecule has 0 radical (unpaired) electrons. The number of anilines is 1. The lowest BCUT2D eigenvalue weighted by molar-refractivity contribution is -0.123. The Morgan fingerprint density at radius 2 is 1.66 bits per heavy atom. The van der Waals surface area contributed by atoms with E-state index in [1.807, 2.05) is 66.7 Å². The van der Waals surface area contributed by atoms with Crippen LogP contribution in [0.15, 0.2) is 78.9 Å². The highest BCUT2D eigenvalue weighted by Crippen LogP contribution is 2.30. The Bertz CT molecular complexity index is 1450. The Morgan fingerprint density at radius 3 is 2.39 bits per heavy atom. The van der Waals surface area contributed by atoms with Gasteiger partial charge in [-0.25, -0.2) is 4.79 Å². The molecule has 0 bridgehead atoms. The van der Waals surface area contributed by atoms with Gasteiger partial charge in [0.05, 0.1) is 11.1 Å². The lowest BCUT2D eigenvalue weighted by atomic mass is 9.95. The fourth-order valence-corrected chi connectivity index (χ4v) is 4.92. The van der Waals surface area contributed by atoms with Crippen molar-refractivity contribution in [3.05, 3.63) is 107 Å². The summed E-state index contributed by atoms with van der Waals surface area (Å²) in [5, 5.41) is 3.61. The lowest BCUT2D eigenvalue weighted by Gasteiger charge is -2.30. The molecule has 4 aromatic rings. The quantitative estimate of drug-likeness (QED) is 0.306. The van der Waals surface area contributed by atoms with Crippen molar-refractivity contribution in [3.8, 4) is 0 Å². The predicted molar refractivity (Wildman–Crippen MR) is 150 cm³/mol. The van der Waals surface area contributed by atoms with Crippen LogP contribution < -0.4 is 5.32 Å². The van der Waals surface area contributed by atoms with E-state index in [0.717, 1.165) is 41.7 Å². The van der Waals surface area contributed by atoms with Gasteiger partial charge in [-0.3, -0.25) is 14.7 Å². The molecule has 6 nitrogen and oxygen atoms in total. The molecule has 0 fully saturated rings. The number of hydrogen-bond donors (Lipinski definition) is 1. The average Bonchev–Trinajstić information content (AvgIpc) is 2.92. The van der Waals surface area contributed by atoms with Gasteiger partial charge in [-0.1, -0.05) is 74.5 Å². The summed E-state index contributed by atoms with van der Waals surface area (Å²) in [6, 6.07) is 25.7. The highest BCUT2D eigenvalue weighted by atomic mass is 16.5. The number of carbonyl (C=O) groups excluding carboxylic acids is 2. The molecule has 1 aromatic heterocycles. The highest BCUT2D eigenvalue weighted by molar-refractivity contribution is 6.06. The number of pyridine rings is 1. The molecule has 3 aromatic carbocycles. The molecular weight excluding hydrogens is 474 g/mol. The minimum atomic E-state index is -0.959. The molecule has 0 aliphatic carbocycles. The summed E-state index contributed by atoms with van der Waals surface area (Å²) in [7, 11) is 0. The maximum Gasteiger partial charge on any atom is 0.339 e. The zero-order valence-electron chi connectivity index (χ0n) is 22.1. The minimum Gasteiger partial charge on any atom is -0.449 e. The third kappa shape index (κ3) is 5.60. The third-order valence-corrected chi connectivity index (χ3v) is 7.08. The number of carbonyl (C=O) groups is 2. The summed E-state index contributed by atoms with van der Waals surface area (Å²) in [5.41, 5.74) is 6.15. The molecule has 0 spiro atoms. The summed E-state index contributed by atoms with van der Waals surface area (Å²) in [6.07, 6.45) is -0.214. The summed E-state index contributed by atoms with van der Waals surface area (Å²) in [5.74, 6) is -0.461. The number of esters is 1. The molecular formula is C32H33N3O3. The Labute approximate surface area is 223 Å². The standard InChI is InChI=1S/C32H33N3O3/c1-21(2)24-13-15-25(16-14-24)33-31(36)22(3)38-32(37)30-26-11-7-8-12-28(26)34-29-17-18-35(20-27(29)30)19-23-9-5-4-6-10-23/h4-16,21-22H,17-20H2,1-3H3,(H,33,36). The van der Waals surface area contributed by atoms with Crippen LogP contribution in [0.4, 0.5) is 5.69 Å². The van der Waals surface area contributed by atoms with E-state index in [2.05, 4.69) is 36.2 Å². The van der Waals surface area contributed by atoms with Gasteiger partial charge in [0.1, 0.15) is 0 Å². The summed E-state index contributed by atoms with van der Waals surface area (Å²) in [6.45, 7) is 8.09. The molecule has 1 N–H and O–H groups in total. The molecule has 1 aliphatic heterocycles. The number of para-hydroxylation sites is 1. The second kappa shape index (κ2) is 11.2. The number of rotatable bonds is 7. The van der Waals surface area contributed by atoms with E-state index in [9.17, 15) is 9.59 Å². The molecule has 1 unspecified atom stereocenters. The van der Waals surface area contributed by atoms with E-state index in [1.54, 1.807) is 6.92 Å². The van der Waals surface area contributed by atoms with Crippen LogP contribution in [0, 0.1) is 0 Å². The molecule has 194 valence electrons. The van der Waals surface area contributed by atoms with Crippen LogP contribution in [0.1, 0.15) is 59.4 Å². The van der Waals surface area contributed by atoms with Crippen LogP contribution >= 0.6 is 0 Å². The van der Waals surface area contributed by atoms with Gasteiger partial charge in [0, 0.05) is 48.4 Å². The fraction of sp³-hybridized carbons (Fsp3) is 0.281. The van der Waals surface area contributed by atoms with Crippen LogP contribution in [-0.2, 0) is 29.0 Å². The van der Waals surface area contributed by atoms with Gasteiger partial charge in [-0.2, -0.15) is 0 Å². The van der Waals surface area contributed by atoms with Crippen molar-refractivity contribution in [1.82, 2.24) is 9.88 Å². The highest BCUT2D eigenvalue weighted by Gasteiger charge is 2.28. The van der Waals surface area contributed by atoms with E-state index in [1.165, 1.54) is 11.1 Å². The average molecular weight is 508 g/mol. The second-order valence-corrected chi connectivity index (χ2v) is 10.2. The maximum atomic E-state index is 13.6. The molecule has 38 heavy (non-hydrogen) atoms. The van der Waals surface area contributed by atoms with Crippen LogP contribution in [0.2, 0.25) is 0 Å². The van der Waals surface area contributed by atoms with Gasteiger partial charge in [0.25, 0.3) is 5.91 Å². The number of amides is 1. The normalized spacial score (nSPS) is 14.2. The number of ether oxygens (including phenoxy) is 1. The van der Waals surface area contributed by atoms with Gasteiger partial charge < -0.3 is 10.1 Å². The van der Waals surface area contributed by atoms with E-state index >= 15 is 0 Å². The lowest BCUT2D eigenvalue weighted by Crippen LogP contribution is -2.34. The molecule has 1 aliphatic rings. The Morgan fingerprint density at radius 1 is 0.947 bits per heavy atom. The van der Waals surface area contributed by atoms with Crippen molar-refractivity contribution < 1.29 is 14.3 Å². The second-order valence-electron chi connectivity index (χ2n) is 10.2. The Balaban J connectivity index is 1.37. The molecule has 5 rings (SSSR count). The SMILES string of the molecule is CC(OC(=O)c1c2c(nc3ccccc13)CCN(Cc1ccccc1)C2)C(=O)Nc1ccc(C(C)C)cc1. The minimum absolute atomic E-state index is 0.367. The van der Waals surface area contributed by atoms with Crippen LogP contribution in [0.5, 0.6) is 0 Å². The molecule has 0 saturated heterocycles. The molecule has 6 heteroatoms. The first-order chi connectivity index (χ1) is 18.4. The monoisotopic (exact) mass is 507 g/mol. The Hall–Kier alpha value is -4.03. The molecule has 1 amide bonds. The Kier molecular flexibility index (Phi) is 7.52. The zero-order valence-corrected chi connectivity index (χ0v) is 22.1. The summed E-state index contributed by atoms with van der Waals surface area (Å²) in [4.78, 5) is 33.7. The molecule has 1 atom stereocenters. The van der Waals surface area contributed by atoms with E-state index in [-0.39, 0.29) is 5.91 Å².